The minimum atomic E-state index is -0.549. The van der Waals surface area contributed by atoms with Crippen LogP contribution in [0, 0.1) is 11.7 Å². The van der Waals surface area contributed by atoms with Gasteiger partial charge in [-0.3, -0.25) is 9.59 Å². The van der Waals surface area contributed by atoms with E-state index in [1.165, 1.54) is 40.9 Å². The standard InChI is InChI=1S/C23H18FN3O3S2/c24-16-4-3-15(10-18(16)25-20(29)9-13-7-8-31-12-13)30-21-6-5-17-23(27-21)32-22(26-17)11-19(28)14-1-2-14/h3-8,10,12,14H,1-2,9,11H2,(H,25,29). The maximum atomic E-state index is 14.2. The molecule has 1 aliphatic carbocycles. The van der Waals surface area contributed by atoms with Crippen LogP contribution < -0.4 is 10.1 Å². The number of benzene rings is 1. The summed E-state index contributed by atoms with van der Waals surface area (Å²) in [5.74, 6) is 0.248. The fourth-order valence-electron chi connectivity index (χ4n) is 3.23. The zero-order valence-electron chi connectivity index (χ0n) is 16.8. The molecule has 3 aromatic heterocycles. The zero-order chi connectivity index (χ0) is 22.1. The van der Waals surface area contributed by atoms with Crippen molar-refractivity contribution in [1.82, 2.24) is 9.97 Å². The molecule has 9 heteroatoms. The second-order valence-corrected chi connectivity index (χ2v) is 9.44. The van der Waals surface area contributed by atoms with Gasteiger partial charge in [0.15, 0.2) is 0 Å². The molecule has 0 radical (unpaired) electrons. The minimum absolute atomic E-state index is 0.0440. The molecule has 1 aliphatic rings. The van der Waals surface area contributed by atoms with E-state index in [0.717, 1.165) is 23.4 Å². The van der Waals surface area contributed by atoms with Crippen molar-refractivity contribution in [2.75, 3.05) is 5.32 Å². The average molecular weight is 468 g/mol. The molecule has 0 unspecified atom stereocenters. The Morgan fingerprint density at radius 1 is 1.12 bits per heavy atom. The van der Waals surface area contributed by atoms with Gasteiger partial charge < -0.3 is 10.1 Å². The first-order chi connectivity index (χ1) is 15.5. The third-order valence-electron chi connectivity index (χ3n) is 5.01. The summed E-state index contributed by atoms with van der Waals surface area (Å²) in [6.07, 6.45) is 2.47. The van der Waals surface area contributed by atoms with Crippen molar-refractivity contribution in [3.05, 3.63) is 63.5 Å². The van der Waals surface area contributed by atoms with Crippen LogP contribution in [0.2, 0.25) is 0 Å². The Morgan fingerprint density at radius 3 is 2.78 bits per heavy atom. The zero-order valence-corrected chi connectivity index (χ0v) is 18.5. The molecule has 1 N–H and O–H groups in total. The number of hydrogen-bond donors (Lipinski definition) is 1. The largest absolute Gasteiger partial charge is 0.439 e. The van der Waals surface area contributed by atoms with Gasteiger partial charge in [-0.2, -0.15) is 11.3 Å². The number of nitrogens with one attached hydrogen (secondary N) is 1. The van der Waals surface area contributed by atoms with Crippen molar-refractivity contribution in [2.45, 2.75) is 25.7 Å². The molecule has 0 spiro atoms. The fraction of sp³-hybridized carbons (Fsp3) is 0.217. The second kappa shape index (κ2) is 8.76. The summed E-state index contributed by atoms with van der Waals surface area (Å²) in [4.78, 5) is 33.9. The number of amides is 1. The smallest absolute Gasteiger partial charge is 0.228 e. The van der Waals surface area contributed by atoms with Gasteiger partial charge in [0.05, 0.1) is 18.5 Å². The summed E-state index contributed by atoms with van der Waals surface area (Å²) < 4.78 is 20.0. The number of anilines is 1. The molecule has 0 saturated heterocycles. The molecular formula is C23H18FN3O3S2. The van der Waals surface area contributed by atoms with Gasteiger partial charge in [-0.1, -0.05) is 11.3 Å². The maximum Gasteiger partial charge on any atom is 0.228 e. The Hall–Kier alpha value is -3.17. The van der Waals surface area contributed by atoms with Crippen molar-refractivity contribution in [1.29, 1.82) is 0 Å². The normalized spacial score (nSPS) is 13.3. The van der Waals surface area contributed by atoms with Crippen LogP contribution in [0.4, 0.5) is 10.1 Å². The van der Waals surface area contributed by atoms with Crippen molar-refractivity contribution < 1.29 is 18.7 Å². The number of pyridine rings is 1. The summed E-state index contributed by atoms with van der Waals surface area (Å²) in [6, 6.07) is 9.46. The molecule has 3 heterocycles. The van der Waals surface area contributed by atoms with Crippen LogP contribution in [0.15, 0.2) is 47.2 Å². The van der Waals surface area contributed by atoms with Crippen LogP contribution in [-0.4, -0.2) is 21.7 Å². The highest BCUT2D eigenvalue weighted by atomic mass is 32.1. The molecule has 0 bridgehead atoms. The lowest BCUT2D eigenvalue weighted by molar-refractivity contribution is -0.119. The molecule has 0 atom stereocenters. The molecule has 162 valence electrons. The maximum absolute atomic E-state index is 14.2. The molecule has 0 aliphatic heterocycles. The number of nitrogens with zero attached hydrogens (tertiary/aromatic N) is 2. The first-order valence-corrected chi connectivity index (χ1v) is 11.9. The van der Waals surface area contributed by atoms with E-state index in [-0.39, 0.29) is 29.7 Å². The Balaban J connectivity index is 1.29. The molecule has 32 heavy (non-hydrogen) atoms. The quantitative estimate of drug-likeness (QED) is 0.376. The summed E-state index contributed by atoms with van der Waals surface area (Å²) in [5, 5.41) is 7.11. The number of ether oxygens (including phenoxy) is 1. The van der Waals surface area contributed by atoms with Gasteiger partial charge in [0.1, 0.15) is 32.7 Å². The van der Waals surface area contributed by atoms with Gasteiger partial charge in [0.25, 0.3) is 0 Å². The number of halogens is 1. The van der Waals surface area contributed by atoms with Gasteiger partial charge in [-0.05, 0) is 53.4 Å². The molecule has 1 amide bonds. The Kier molecular flexibility index (Phi) is 5.67. The van der Waals surface area contributed by atoms with E-state index in [0.29, 0.717) is 28.4 Å². The summed E-state index contributed by atoms with van der Waals surface area (Å²) in [5.41, 5.74) is 1.63. The summed E-state index contributed by atoms with van der Waals surface area (Å²) in [7, 11) is 0. The van der Waals surface area contributed by atoms with E-state index in [1.807, 2.05) is 16.8 Å². The molecule has 1 saturated carbocycles. The van der Waals surface area contributed by atoms with Crippen molar-refractivity contribution in [3.63, 3.8) is 0 Å². The molecule has 5 rings (SSSR count). The Morgan fingerprint density at radius 2 is 2.00 bits per heavy atom. The number of aromatic nitrogens is 2. The van der Waals surface area contributed by atoms with Gasteiger partial charge in [0.2, 0.25) is 11.8 Å². The second-order valence-electron chi connectivity index (χ2n) is 7.60. The summed E-state index contributed by atoms with van der Waals surface area (Å²) >= 11 is 2.87. The topological polar surface area (TPSA) is 81.2 Å². The molecule has 6 nitrogen and oxygen atoms in total. The van der Waals surface area contributed by atoms with Crippen LogP contribution in [0.5, 0.6) is 11.6 Å². The van der Waals surface area contributed by atoms with E-state index in [2.05, 4.69) is 15.3 Å². The predicted octanol–water partition coefficient (Wildman–Crippen LogP) is 5.39. The average Bonchev–Trinajstić information content (AvgIpc) is 3.36. The number of rotatable bonds is 8. The van der Waals surface area contributed by atoms with Gasteiger partial charge in [-0.15, -0.1) is 0 Å². The van der Waals surface area contributed by atoms with Crippen LogP contribution in [0.25, 0.3) is 10.3 Å². The highest BCUT2D eigenvalue weighted by Crippen LogP contribution is 2.33. The highest BCUT2D eigenvalue weighted by molar-refractivity contribution is 7.18. The van der Waals surface area contributed by atoms with Crippen molar-refractivity contribution in [3.8, 4) is 11.6 Å². The number of thiophene rings is 1. The monoisotopic (exact) mass is 467 g/mol. The fourth-order valence-corrected chi connectivity index (χ4v) is 4.84. The van der Waals surface area contributed by atoms with E-state index in [4.69, 9.17) is 4.74 Å². The highest BCUT2D eigenvalue weighted by Gasteiger charge is 2.29. The molecule has 1 aromatic carbocycles. The first-order valence-electron chi connectivity index (χ1n) is 10.1. The van der Waals surface area contributed by atoms with E-state index in [1.54, 1.807) is 12.1 Å². The van der Waals surface area contributed by atoms with Gasteiger partial charge >= 0.3 is 0 Å². The number of thiazole rings is 1. The minimum Gasteiger partial charge on any atom is -0.439 e. The molecule has 1 fully saturated rings. The Labute approximate surface area is 191 Å². The lowest BCUT2D eigenvalue weighted by Gasteiger charge is -2.09. The van der Waals surface area contributed by atoms with E-state index >= 15 is 0 Å². The molecular weight excluding hydrogens is 449 g/mol. The summed E-state index contributed by atoms with van der Waals surface area (Å²) in [6.45, 7) is 0. The number of hydrogen-bond acceptors (Lipinski definition) is 7. The lowest BCUT2D eigenvalue weighted by Crippen LogP contribution is -2.15. The Bertz CT molecular complexity index is 1300. The number of Topliss-reactive ketones (excluding diaryl/α,β-unsaturated/α-hetero) is 1. The SMILES string of the molecule is O=C(Cc1ccsc1)Nc1cc(Oc2ccc3nc(CC(=O)C4CC4)sc3n2)ccc1F. The van der Waals surface area contributed by atoms with Crippen molar-refractivity contribution in [2.24, 2.45) is 5.92 Å². The predicted molar refractivity (Wildman–Crippen MR) is 122 cm³/mol. The number of ketones is 1. The number of carbonyl (C=O) groups excluding carboxylic acids is 2. The van der Waals surface area contributed by atoms with Crippen molar-refractivity contribution >= 4 is 50.4 Å². The van der Waals surface area contributed by atoms with Crippen LogP contribution >= 0.6 is 22.7 Å². The van der Waals surface area contributed by atoms with E-state index < -0.39 is 5.82 Å². The number of fused-ring (bicyclic) bond motifs is 1. The third-order valence-corrected chi connectivity index (χ3v) is 6.71. The van der Waals surface area contributed by atoms with E-state index in [9.17, 15) is 14.0 Å². The van der Waals surface area contributed by atoms with Crippen LogP contribution in [0.3, 0.4) is 0 Å². The molecule has 4 aromatic rings. The number of carbonyl (C=O) groups is 2. The van der Waals surface area contributed by atoms with Gasteiger partial charge in [0, 0.05) is 18.1 Å². The van der Waals surface area contributed by atoms with Crippen LogP contribution in [-0.2, 0) is 22.4 Å². The van der Waals surface area contributed by atoms with Crippen LogP contribution in [0.1, 0.15) is 23.4 Å². The first kappa shape index (κ1) is 20.7. The lowest BCUT2D eigenvalue weighted by atomic mass is 10.2. The third kappa shape index (κ3) is 4.84. The van der Waals surface area contributed by atoms with Gasteiger partial charge in [-0.25, -0.2) is 14.4 Å².